The number of rotatable bonds is 4. The quantitative estimate of drug-likeness (QED) is 0.679. The Hall–Kier alpha value is -1.10. The van der Waals surface area contributed by atoms with E-state index in [9.17, 15) is 9.59 Å². The number of amides is 1. The van der Waals surface area contributed by atoms with E-state index in [4.69, 9.17) is 5.73 Å². The largest absolute Gasteiger partial charge is 0.467 e. The number of ether oxygens (including phenoxy) is 1. The van der Waals surface area contributed by atoms with E-state index in [1.54, 1.807) is 13.8 Å². The Labute approximate surface area is 95.7 Å². The minimum Gasteiger partial charge on any atom is -0.467 e. The second-order valence-corrected chi connectivity index (χ2v) is 5.06. The van der Waals surface area contributed by atoms with Crippen LogP contribution in [0.1, 0.15) is 39.5 Å². The lowest BCUT2D eigenvalue weighted by molar-refractivity contribution is -0.149. The van der Waals surface area contributed by atoms with Crippen molar-refractivity contribution in [2.45, 2.75) is 50.6 Å². The van der Waals surface area contributed by atoms with Crippen LogP contribution in [0.15, 0.2) is 0 Å². The van der Waals surface area contributed by atoms with Crippen LogP contribution in [0.3, 0.4) is 0 Å². The Morgan fingerprint density at radius 1 is 1.44 bits per heavy atom. The van der Waals surface area contributed by atoms with Gasteiger partial charge in [0.1, 0.15) is 5.54 Å². The number of hydrogen-bond acceptors (Lipinski definition) is 4. The molecule has 0 heterocycles. The van der Waals surface area contributed by atoms with Gasteiger partial charge in [-0.2, -0.15) is 0 Å². The summed E-state index contributed by atoms with van der Waals surface area (Å²) in [6.07, 6.45) is 3.09. The van der Waals surface area contributed by atoms with Crippen LogP contribution < -0.4 is 11.1 Å². The van der Waals surface area contributed by atoms with Crippen LogP contribution in [0.5, 0.6) is 0 Å². The van der Waals surface area contributed by atoms with Crippen molar-refractivity contribution in [2.75, 3.05) is 7.11 Å². The highest BCUT2D eigenvalue weighted by Crippen LogP contribution is 2.32. The van der Waals surface area contributed by atoms with E-state index in [1.807, 2.05) is 0 Å². The first-order valence-electron chi connectivity index (χ1n) is 5.47. The second kappa shape index (κ2) is 4.41. The number of hydrogen-bond donors (Lipinski definition) is 2. The van der Waals surface area contributed by atoms with Crippen LogP contribution in [0.2, 0.25) is 0 Å². The van der Waals surface area contributed by atoms with Gasteiger partial charge in [-0.1, -0.05) is 0 Å². The van der Waals surface area contributed by atoms with Crippen molar-refractivity contribution in [1.82, 2.24) is 5.32 Å². The van der Waals surface area contributed by atoms with Crippen LogP contribution >= 0.6 is 0 Å². The fraction of sp³-hybridized carbons (Fsp3) is 0.818. The molecule has 0 saturated heterocycles. The summed E-state index contributed by atoms with van der Waals surface area (Å²) in [5.41, 5.74) is 4.60. The van der Waals surface area contributed by atoms with Gasteiger partial charge in [-0.25, -0.2) is 4.79 Å². The molecule has 3 N–H and O–H groups in total. The average Bonchev–Trinajstić information content (AvgIpc) is 2.12. The van der Waals surface area contributed by atoms with E-state index in [0.717, 1.165) is 19.3 Å². The highest BCUT2D eigenvalue weighted by Gasteiger charge is 2.37. The third kappa shape index (κ3) is 2.95. The molecule has 1 aliphatic rings. The van der Waals surface area contributed by atoms with Crippen molar-refractivity contribution in [3.63, 3.8) is 0 Å². The van der Waals surface area contributed by atoms with Gasteiger partial charge in [0.2, 0.25) is 5.91 Å². The van der Waals surface area contributed by atoms with Gasteiger partial charge in [-0.3, -0.25) is 4.79 Å². The maximum atomic E-state index is 11.7. The number of nitrogens with one attached hydrogen (secondary N) is 1. The molecule has 1 amide bonds. The van der Waals surface area contributed by atoms with Gasteiger partial charge in [0.25, 0.3) is 0 Å². The monoisotopic (exact) mass is 228 g/mol. The van der Waals surface area contributed by atoms with Gasteiger partial charge in [-0.15, -0.1) is 0 Å². The molecule has 0 atom stereocenters. The normalized spacial score (nSPS) is 18.5. The first-order valence-corrected chi connectivity index (χ1v) is 5.47. The molecule has 0 spiro atoms. The summed E-state index contributed by atoms with van der Waals surface area (Å²) in [4.78, 5) is 23.0. The van der Waals surface area contributed by atoms with Crippen LogP contribution in [0.25, 0.3) is 0 Å². The van der Waals surface area contributed by atoms with Crippen molar-refractivity contribution >= 4 is 11.9 Å². The average molecular weight is 228 g/mol. The molecule has 5 nitrogen and oxygen atoms in total. The summed E-state index contributed by atoms with van der Waals surface area (Å²) in [5.74, 6) is -0.655. The molecule has 1 fully saturated rings. The van der Waals surface area contributed by atoms with Crippen molar-refractivity contribution < 1.29 is 14.3 Å². The van der Waals surface area contributed by atoms with Gasteiger partial charge in [0.05, 0.1) is 7.11 Å². The predicted molar refractivity (Wildman–Crippen MR) is 59.6 cm³/mol. The lowest BCUT2D eigenvalue weighted by Crippen LogP contribution is -2.55. The van der Waals surface area contributed by atoms with Gasteiger partial charge in [-0.05, 0) is 33.1 Å². The number of carbonyl (C=O) groups is 2. The lowest BCUT2D eigenvalue weighted by atomic mass is 9.75. The Morgan fingerprint density at radius 2 is 2.00 bits per heavy atom. The van der Waals surface area contributed by atoms with Crippen LogP contribution in [-0.2, 0) is 14.3 Å². The zero-order valence-electron chi connectivity index (χ0n) is 10.1. The molecule has 0 aromatic rings. The fourth-order valence-electron chi connectivity index (χ4n) is 1.83. The first-order chi connectivity index (χ1) is 7.29. The fourth-order valence-corrected chi connectivity index (χ4v) is 1.83. The van der Waals surface area contributed by atoms with Crippen molar-refractivity contribution in [3.05, 3.63) is 0 Å². The maximum Gasteiger partial charge on any atom is 0.330 e. The van der Waals surface area contributed by atoms with Crippen LogP contribution in [0, 0.1) is 0 Å². The summed E-state index contributed by atoms with van der Waals surface area (Å²) in [6.45, 7) is 3.22. The molecule has 0 aromatic carbocycles. The van der Waals surface area contributed by atoms with E-state index in [-0.39, 0.29) is 17.9 Å². The zero-order valence-corrected chi connectivity index (χ0v) is 10.1. The molecule has 16 heavy (non-hydrogen) atoms. The van der Waals surface area contributed by atoms with Crippen LogP contribution in [-0.4, -0.2) is 30.1 Å². The number of methoxy groups -OCH3 is 1. The van der Waals surface area contributed by atoms with Gasteiger partial charge in [0, 0.05) is 12.0 Å². The molecule has 0 bridgehead atoms. The minimum atomic E-state index is -0.994. The molecule has 92 valence electrons. The van der Waals surface area contributed by atoms with E-state index < -0.39 is 11.5 Å². The number of carbonyl (C=O) groups excluding carboxylic acids is 2. The number of esters is 1. The molecule has 0 aliphatic heterocycles. The van der Waals surface area contributed by atoms with Crippen molar-refractivity contribution in [1.29, 1.82) is 0 Å². The zero-order chi connectivity index (χ0) is 12.4. The van der Waals surface area contributed by atoms with Crippen LogP contribution in [0.4, 0.5) is 0 Å². The second-order valence-electron chi connectivity index (χ2n) is 5.06. The highest BCUT2D eigenvalue weighted by atomic mass is 16.5. The highest BCUT2D eigenvalue weighted by molar-refractivity contribution is 5.87. The van der Waals surface area contributed by atoms with Gasteiger partial charge < -0.3 is 15.8 Å². The first kappa shape index (κ1) is 13.0. The van der Waals surface area contributed by atoms with E-state index in [2.05, 4.69) is 10.1 Å². The lowest BCUT2D eigenvalue weighted by Gasteiger charge is -2.38. The predicted octanol–water partition coefficient (Wildman–Crippen LogP) is 0.326. The SMILES string of the molecule is COC(=O)C(C)(C)NC(=O)CC1(N)CCC1. The topological polar surface area (TPSA) is 81.4 Å². The molecule has 1 saturated carbocycles. The third-order valence-electron chi connectivity index (χ3n) is 3.01. The molecule has 1 rings (SSSR count). The Morgan fingerprint density at radius 3 is 2.38 bits per heavy atom. The van der Waals surface area contributed by atoms with Gasteiger partial charge in [0.15, 0.2) is 0 Å². The molecular weight excluding hydrogens is 208 g/mol. The van der Waals surface area contributed by atoms with Gasteiger partial charge >= 0.3 is 5.97 Å². The summed E-state index contributed by atoms with van der Waals surface area (Å²) < 4.78 is 4.60. The van der Waals surface area contributed by atoms with E-state index in [0.29, 0.717) is 0 Å². The molecule has 0 aromatic heterocycles. The van der Waals surface area contributed by atoms with E-state index in [1.165, 1.54) is 7.11 Å². The summed E-state index contributed by atoms with van der Waals surface area (Å²) in [5, 5.41) is 2.64. The number of nitrogens with two attached hydrogens (primary N) is 1. The van der Waals surface area contributed by atoms with E-state index >= 15 is 0 Å². The minimum absolute atomic E-state index is 0.197. The summed E-state index contributed by atoms with van der Waals surface area (Å²) in [7, 11) is 1.30. The molecule has 1 aliphatic carbocycles. The Kier molecular flexibility index (Phi) is 3.57. The standard InChI is InChI=1S/C11H20N2O3/c1-10(2,9(15)16-3)13-8(14)7-11(12)5-4-6-11/h4-7,12H2,1-3H3,(H,13,14). The summed E-state index contributed by atoms with van der Waals surface area (Å²) in [6, 6.07) is 0. The smallest absolute Gasteiger partial charge is 0.330 e. The molecule has 5 heteroatoms. The molecular formula is C11H20N2O3. The van der Waals surface area contributed by atoms with Crippen molar-refractivity contribution in [2.24, 2.45) is 5.73 Å². The Bertz CT molecular complexity index is 296. The summed E-state index contributed by atoms with van der Waals surface area (Å²) >= 11 is 0. The Balaban J connectivity index is 2.47. The molecule has 0 unspecified atom stereocenters. The third-order valence-corrected chi connectivity index (χ3v) is 3.01. The molecule has 0 radical (unpaired) electrons. The maximum absolute atomic E-state index is 11.7. The van der Waals surface area contributed by atoms with Crippen molar-refractivity contribution in [3.8, 4) is 0 Å².